The molecule has 2 rings (SSSR count). The lowest BCUT2D eigenvalue weighted by Gasteiger charge is -2.37. The molecule has 1 fully saturated rings. The molecule has 1 heterocycles. The summed E-state index contributed by atoms with van der Waals surface area (Å²) >= 11 is 0. The van der Waals surface area contributed by atoms with Gasteiger partial charge in [0, 0.05) is 18.3 Å². The van der Waals surface area contributed by atoms with Gasteiger partial charge in [0.05, 0.1) is 4.90 Å². The van der Waals surface area contributed by atoms with Crippen molar-refractivity contribution in [1.29, 1.82) is 0 Å². The van der Waals surface area contributed by atoms with Gasteiger partial charge < -0.3 is 5.73 Å². The Morgan fingerprint density at radius 1 is 1.32 bits per heavy atom. The van der Waals surface area contributed by atoms with Crippen LogP contribution in [-0.4, -0.2) is 25.3 Å². The van der Waals surface area contributed by atoms with Gasteiger partial charge in [0.1, 0.15) is 0 Å². The molecule has 5 heteroatoms. The summed E-state index contributed by atoms with van der Waals surface area (Å²) in [5.74, 6) is 0.393. The number of sulfonamides is 1. The van der Waals surface area contributed by atoms with Crippen LogP contribution < -0.4 is 5.73 Å². The summed E-state index contributed by atoms with van der Waals surface area (Å²) in [7, 11) is -3.44. The standard InChI is InChI=1S/C14H22N2O2S/c1-10-6-5-9-16(12(10)3)19(17,18)14-8-4-7-13(15)11(14)2/h4,7-8,10,12H,5-6,9,15H2,1-3H3. The van der Waals surface area contributed by atoms with E-state index in [2.05, 4.69) is 6.92 Å². The molecule has 1 aliphatic rings. The smallest absolute Gasteiger partial charge is 0.243 e. The van der Waals surface area contributed by atoms with Gasteiger partial charge in [0.15, 0.2) is 0 Å². The van der Waals surface area contributed by atoms with Crippen LogP contribution in [0.5, 0.6) is 0 Å². The zero-order valence-electron chi connectivity index (χ0n) is 11.8. The molecule has 0 saturated carbocycles. The Hall–Kier alpha value is -1.07. The number of nitrogens with zero attached hydrogens (tertiary/aromatic N) is 1. The van der Waals surface area contributed by atoms with E-state index < -0.39 is 10.0 Å². The van der Waals surface area contributed by atoms with Gasteiger partial charge in [0.25, 0.3) is 0 Å². The van der Waals surface area contributed by atoms with Crippen LogP contribution in [0.2, 0.25) is 0 Å². The molecule has 4 nitrogen and oxygen atoms in total. The van der Waals surface area contributed by atoms with Gasteiger partial charge in [-0.05, 0) is 50.3 Å². The number of rotatable bonds is 2. The summed E-state index contributed by atoms with van der Waals surface area (Å²) in [6.45, 7) is 6.46. The van der Waals surface area contributed by atoms with Gasteiger partial charge >= 0.3 is 0 Å². The van der Waals surface area contributed by atoms with Crippen LogP contribution in [0, 0.1) is 12.8 Å². The van der Waals surface area contributed by atoms with Crippen molar-refractivity contribution in [3.8, 4) is 0 Å². The Morgan fingerprint density at radius 2 is 2.00 bits per heavy atom. The molecular formula is C14H22N2O2S. The highest BCUT2D eigenvalue weighted by Gasteiger charge is 2.35. The van der Waals surface area contributed by atoms with Crippen molar-refractivity contribution in [3.05, 3.63) is 23.8 Å². The second-order valence-corrected chi connectivity index (χ2v) is 7.31. The lowest BCUT2D eigenvalue weighted by Crippen LogP contribution is -2.46. The number of hydrogen-bond acceptors (Lipinski definition) is 3. The van der Waals surface area contributed by atoms with E-state index in [9.17, 15) is 8.42 Å². The third kappa shape index (κ3) is 2.49. The predicted octanol–water partition coefficient (Wildman–Crippen LogP) is 2.39. The van der Waals surface area contributed by atoms with E-state index in [-0.39, 0.29) is 6.04 Å². The predicted molar refractivity (Wildman–Crippen MR) is 77.3 cm³/mol. The van der Waals surface area contributed by atoms with E-state index in [4.69, 9.17) is 5.73 Å². The molecule has 0 aliphatic carbocycles. The minimum atomic E-state index is -3.44. The molecule has 1 aromatic carbocycles. The SMILES string of the molecule is Cc1c(N)cccc1S(=O)(=O)N1CCCC(C)C1C. The van der Waals surface area contributed by atoms with E-state index >= 15 is 0 Å². The van der Waals surface area contributed by atoms with Crippen molar-refractivity contribution in [2.24, 2.45) is 5.92 Å². The van der Waals surface area contributed by atoms with Crippen molar-refractivity contribution in [1.82, 2.24) is 4.31 Å². The van der Waals surface area contributed by atoms with Gasteiger partial charge in [-0.15, -0.1) is 0 Å². The summed E-state index contributed by atoms with van der Waals surface area (Å²) < 4.78 is 27.2. The second kappa shape index (κ2) is 5.13. The molecule has 0 radical (unpaired) electrons. The zero-order valence-corrected chi connectivity index (χ0v) is 12.6. The topological polar surface area (TPSA) is 63.4 Å². The average molecular weight is 282 g/mol. The summed E-state index contributed by atoms with van der Waals surface area (Å²) in [6.07, 6.45) is 2.01. The van der Waals surface area contributed by atoms with Crippen molar-refractivity contribution in [3.63, 3.8) is 0 Å². The molecule has 0 aromatic heterocycles. The first-order chi connectivity index (χ1) is 8.85. The first-order valence-electron chi connectivity index (χ1n) is 6.72. The molecule has 2 N–H and O–H groups in total. The minimum absolute atomic E-state index is 0.0413. The summed E-state index contributed by atoms with van der Waals surface area (Å²) in [5, 5.41) is 0. The number of anilines is 1. The highest BCUT2D eigenvalue weighted by Crippen LogP contribution is 2.31. The first-order valence-corrected chi connectivity index (χ1v) is 8.16. The molecule has 2 unspecified atom stereocenters. The number of hydrogen-bond donors (Lipinski definition) is 1. The summed E-state index contributed by atoms with van der Waals surface area (Å²) in [6, 6.07) is 5.12. The van der Waals surface area contributed by atoms with Crippen LogP contribution >= 0.6 is 0 Å². The first kappa shape index (κ1) is 14.3. The van der Waals surface area contributed by atoms with Crippen molar-refractivity contribution in [2.75, 3.05) is 12.3 Å². The fourth-order valence-corrected chi connectivity index (χ4v) is 4.70. The van der Waals surface area contributed by atoms with Gasteiger partial charge in [-0.3, -0.25) is 0 Å². The normalized spacial score (nSPS) is 25.4. The molecule has 0 amide bonds. The Kier molecular flexibility index (Phi) is 3.87. The third-order valence-corrected chi connectivity index (χ3v) is 6.36. The van der Waals surface area contributed by atoms with Crippen LogP contribution in [-0.2, 0) is 10.0 Å². The van der Waals surface area contributed by atoms with Crippen molar-refractivity contribution >= 4 is 15.7 Å². The lowest BCUT2D eigenvalue weighted by molar-refractivity contribution is 0.202. The Morgan fingerprint density at radius 3 is 2.68 bits per heavy atom. The molecule has 1 aromatic rings. The Bertz CT molecular complexity index is 569. The van der Waals surface area contributed by atoms with E-state index in [1.165, 1.54) is 0 Å². The summed E-state index contributed by atoms with van der Waals surface area (Å²) in [4.78, 5) is 0.341. The van der Waals surface area contributed by atoms with Crippen LogP contribution in [0.1, 0.15) is 32.3 Å². The van der Waals surface area contributed by atoms with Gasteiger partial charge in [-0.1, -0.05) is 13.0 Å². The van der Waals surface area contributed by atoms with Gasteiger partial charge in [0.2, 0.25) is 10.0 Å². The van der Waals surface area contributed by atoms with Crippen LogP contribution in [0.3, 0.4) is 0 Å². The number of benzene rings is 1. The molecule has 1 aliphatic heterocycles. The molecular weight excluding hydrogens is 260 g/mol. The quantitative estimate of drug-likeness (QED) is 0.847. The zero-order chi connectivity index (χ0) is 14.2. The maximum atomic E-state index is 12.8. The van der Waals surface area contributed by atoms with Gasteiger partial charge in [-0.2, -0.15) is 4.31 Å². The molecule has 1 saturated heterocycles. The third-order valence-electron chi connectivity index (χ3n) is 4.23. The van der Waals surface area contributed by atoms with Crippen LogP contribution in [0.4, 0.5) is 5.69 Å². The molecule has 0 bridgehead atoms. The Labute approximate surface area is 115 Å². The molecule has 19 heavy (non-hydrogen) atoms. The summed E-state index contributed by atoms with van der Waals surface area (Å²) in [5.41, 5.74) is 7.00. The highest BCUT2D eigenvalue weighted by atomic mass is 32.2. The van der Waals surface area contributed by atoms with E-state index in [1.54, 1.807) is 29.4 Å². The van der Waals surface area contributed by atoms with Crippen molar-refractivity contribution in [2.45, 2.75) is 44.6 Å². The van der Waals surface area contributed by atoms with E-state index in [0.29, 0.717) is 28.6 Å². The maximum absolute atomic E-state index is 12.8. The van der Waals surface area contributed by atoms with Gasteiger partial charge in [-0.25, -0.2) is 8.42 Å². The van der Waals surface area contributed by atoms with E-state index in [1.807, 2.05) is 6.92 Å². The molecule has 0 spiro atoms. The number of piperidine rings is 1. The largest absolute Gasteiger partial charge is 0.398 e. The highest BCUT2D eigenvalue weighted by molar-refractivity contribution is 7.89. The Balaban J connectivity index is 2.45. The van der Waals surface area contributed by atoms with Crippen molar-refractivity contribution < 1.29 is 8.42 Å². The fraction of sp³-hybridized carbons (Fsp3) is 0.571. The van der Waals surface area contributed by atoms with Crippen LogP contribution in [0.25, 0.3) is 0 Å². The lowest BCUT2D eigenvalue weighted by atomic mass is 9.94. The second-order valence-electron chi connectivity index (χ2n) is 5.45. The fourth-order valence-electron chi connectivity index (χ4n) is 2.67. The monoisotopic (exact) mass is 282 g/mol. The molecule has 2 atom stereocenters. The minimum Gasteiger partial charge on any atom is -0.398 e. The number of nitrogens with two attached hydrogens (primary N) is 1. The number of nitrogen functional groups attached to an aromatic ring is 1. The maximum Gasteiger partial charge on any atom is 0.243 e. The van der Waals surface area contributed by atoms with Crippen LogP contribution in [0.15, 0.2) is 23.1 Å². The average Bonchev–Trinajstić information content (AvgIpc) is 2.35. The molecule has 106 valence electrons. The van der Waals surface area contributed by atoms with E-state index in [0.717, 1.165) is 12.8 Å².